The van der Waals surface area contributed by atoms with E-state index in [1.807, 2.05) is 11.0 Å². The van der Waals surface area contributed by atoms with Crippen molar-refractivity contribution >= 4 is 22.0 Å². The zero-order valence-electron chi connectivity index (χ0n) is 9.53. The lowest BCUT2D eigenvalue weighted by atomic mass is 10.0. The lowest BCUT2D eigenvalue weighted by Gasteiger charge is -2.31. The van der Waals surface area contributed by atoms with Crippen molar-refractivity contribution in [2.75, 3.05) is 20.6 Å². The Bertz CT molecular complexity index is 417. The molecule has 0 bridgehead atoms. The number of carbonyl (C=O) groups is 1. The third kappa shape index (κ3) is 2.07. The molecule has 0 fully saturated rings. The molecule has 0 atom stereocenters. The van der Waals surface area contributed by atoms with E-state index in [4.69, 9.17) is 0 Å². The number of carbonyl (C=O) groups excluding carboxylic acids is 1. The molecule has 4 heteroatoms. The molecular weight excluding hydrogens is 268 g/mol. The van der Waals surface area contributed by atoms with Crippen molar-refractivity contribution in [2.45, 2.75) is 13.0 Å². The summed E-state index contributed by atoms with van der Waals surface area (Å²) < 4.78 is 1.15. The number of benzene rings is 1. The maximum atomic E-state index is 11.8. The van der Waals surface area contributed by atoms with Crippen LogP contribution in [0.3, 0.4) is 0 Å². The van der Waals surface area contributed by atoms with E-state index in [1.165, 1.54) is 11.1 Å². The van der Waals surface area contributed by atoms with Crippen molar-refractivity contribution in [3.8, 4) is 0 Å². The van der Waals surface area contributed by atoms with Gasteiger partial charge >= 0.3 is 6.03 Å². The second-order valence-electron chi connectivity index (χ2n) is 4.23. The third-order valence-corrected chi connectivity index (χ3v) is 3.60. The molecular formula is C12H15BrN2O. The van der Waals surface area contributed by atoms with E-state index < -0.39 is 0 Å². The van der Waals surface area contributed by atoms with Crippen molar-refractivity contribution in [1.82, 2.24) is 9.80 Å². The highest BCUT2D eigenvalue weighted by molar-refractivity contribution is 9.10. The zero-order chi connectivity index (χ0) is 11.7. The van der Waals surface area contributed by atoms with Crippen LogP contribution in [0, 0.1) is 0 Å². The molecule has 0 saturated heterocycles. The van der Waals surface area contributed by atoms with Gasteiger partial charge in [0.05, 0.1) is 0 Å². The van der Waals surface area contributed by atoms with E-state index >= 15 is 0 Å². The summed E-state index contributed by atoms with van der Waals surface area (Å²) in [5.74, 6) is 0. The SMILES string of the molecule is CN(C)C(=O)N1CCc2c(Br)cccc2C1. The van der Waals surface area contributed by atoms with Gasteiger partial charge < -0.3 is 9.80 Å². The Morgan fingerprint density at radius 1 is 1.44 bits per heavy atom. The first kappa shape index (κ1) is 11.5. The molecule has 0 aliphatic carbocycles. The molecule has 1 aromatic rings. The van der Waals surface area contributed by atoms with Crippen LogP contribution in [-0.4, -0.2) is 36.5 Å². The van der Waals surface area contributed by atoms with E-state index in [2.05, 4.69) is 28.1 Å². The van der Waals surface area contributed by atoms with Crippen LogP contribution in [0.4, 0.5) is 4.79 Å². The van der Waals surface area contributed by atoms with Crippen LogP contribution in [0.2, 0.25) is 0 Å². The second-order valence-corrected chi connectivity index (χ2v) is 5.08. The van der Waals surface area contributed by atoms with Crippen LogP contribution in [0.25, 0.3) is 0 Å². The molecule has 0 saturated carbocycles. The average molecular weight is 283 g/mol. The molecule has 1 aliphatic heterocycles. The summed E-state index contributed by atoms with van der Waals surface area (Å²) in [6.45, 7) is 1.51. The normalized spacial score (nSPS) is 14.6. The lowest BCUT2D eigenvalue weighted by Crippen LogP contribution is -2.42. The first-order valence-corrected chi connectivity index (χ1v) is 6.11. The van der Waals surface area contributed by atoms with Crippen molar-refractivity contribution in [3.63, 3.8) is 0 Å². The van der Waals surface area contributed by atoms with E-state index in [0.29, 0.717) is 6.54 Å². The number of rotatable bonds is 0. The molecule has 1 aromatic carbocycles. The standard InChI is InChI=1S/C12H15BrN2O/c1-14(2)12(16)15-7-6-10-9(8-15)4-3-5-11(10)13/h3-5H,6-8H2,1-2H3. The van der Waals surface area contributed by atoms with Gasteiger partial charge in [-0.1, -0.05) is 28.1 Å². The predicted octanol–water partition coefficient (Wildman–Crippen LogP) is 2.49. The fraction of sp³-hybridized carbons (Fsp3) is 0.417. The topological polar surface area (TPSA) is 23.6 Å². The van der Waals surface area contributed by atoms with Crippen LogP contribution < -0.4 is 0 Å². The lowest BCUT2D eigenvalue weighted by molar-refractivity contribution is 0.165. The highest BCUT2D eigenvalue weighted by atomic mass is 79.9. The molecule has 2 rings (SSSR count). The minimum atomic E-state index is 0.0885. The Kier molecular flexibility index (Phi) is 3.19. The molecule has 0 radical (unpaired) electrons. The van der Waals surface area contributed by atoms with Gasteiger partial charge in [0.25, 0.3) is 0 Å². The van der Waals surface area contributed by atoms with Crippen LogP contribution in [0.5, 0.6) is 0 Å². The van der Waals surface area contributed by atoms with Crippen molar-refractivity contribution in [1.29, 1.82) is 0 Å². The van der Waals surface area contributed by atoms with E-state index in [0.717, 1.165) is 17.4 Å². The van der Waals surface area contributed by atoms with Gasteiger partial charge in [-0.3, -0.25) is 0 Å². The summed E-state index contributed by atoms with van der Waals surface area (Å²) in [5.41, 5.74) is 2.58. The van der Waals surface area contributed by atoms with E-state index in [1.54, 1.807) is 19.0 Å². The van der Waals surface area contributed by atoms with Crippen molar-refractivity contribution in [3.05, 3.63) is 33.8 Å². The Morgan fingerprint density at radius 2 is 2.19 bits per heavy atom. The maximum Gasteiger partial charge on any atom is 0.319 e. The number of urea groups is 1. The molecule has 16 heavy (non-hydrogen) atoms. The van der Waals surface area contributed by atoms with Gasteiger partial charge in [0.2, 0.25) is 0 Å². The van der Waals surface area contributed by atoms with Gasteiger partial charge in [-0.25, -0.2) is 4.79 Å². The van der Waals surface area contributed by atoms with Gasteiger partial charge in [0.1, 0.15) is 0 Å². The molecule has 3 nitrogen and oxygen atoms in total. The summed E-state index contributed by atoms with van der Waals surface area (Å²) in [6, 6.07) is 6.26. The smallest absolute Gasteiger partial charge is 0.319 e. The first-order valence-electron chi connectivity index (χ1n) is 5.32. The Balaban J connectivity index is 2.21. The fourth-order valence-corrected chi connectivity index (χ4v) is 2.61. The molecule has 1 aliphatic rings. The fourth-order valence-electron chi connectivity index (χ4n) is 2.01. The van der Waals surface area contributed by atoms with Gasteiger partial charge in [0.15, 0.2) is 0 Å². The minimum absolute atomic E-state index is 0.0885. The number of nitrogens with zero attached hydrogens (tertiary/aromatic N) is 2. The summed E-state index contributed by atoms with van der Waals surface area (Å²) in [4.78, 5) is 15.3. The molecule has 86 valence electrons. The van der Waals surface area contributed by atoms with Gasteiger partial charge in [-0.15, -0.1) is 0 Å². The number of halogens is 1. The highest BCUT2D eigenvalue weighted by Gasteiger charge is 2.22. The molecule has 2 amide bonds. The van der Waals surface area contributed by atoms with Crippen LogP contribution in [-0.2, 0) is 13.0 Å². The Labute approximate surface area is 104 Å². The zero-order valence-corrected chi connectivity index (χ0v) is 11.1. The highest BCUT2D eigenvalue weighted by Crippen LogP contribution is 2.26. The monoisotopic (exact) mass is 282 g/mol. The van der Waals surface area contributed by atoms with Gasteiger partial charge in [0, 0.05) is 31.7 Å². The Morgan fingerprint density at radius 3 is 2.88 bits per heavy atom. The number of hydrogen-bond donors (Lipinski definition) is 0. The second kappa shape index (κ2) is 4.45. The van der Waals surface area contributed by atoms with E-state index in [9.17, 15) is 4.79 Å². The minimum Gasteiger partial charge on any atom is -0.331 e. The molecule has 1 heterocycles. The van der Waals surface area contributed by atoms with Gasteiger partial charge in [-0.2, -0.15) is 0 Å². The molecule has 0 spiro atoms. The molecule has 0 unspecified atom stereocenters. The summed E-state index contributed by atoms with van der Waals surface area (Å²) in [5, 5.41) is 0. The van der Waals surface area contributed by atoms with E-state index in [-0.39, 0.29) is 6.03 Å². The first-order chi connectivity index (χ1) is 7.59. The largest absolute Gasteiger partial charge is 0.331 e. The number of hydrogen-bond acceptors (Lipinski definition) is 1. The Hall–Kier alpha value is -1.03. The average Bonchev–Trinajstić information content (AvgIpc) is 2.28. The predicted molar refractivity (Wildman–Crippen MR) is 67.3 cm³/mol. The van der Waals surface area contributed by atoms with Gasteiger partial charge in [-0.05, 0) is 23.6 Å². The summed E-state index contributed by atoms with van der Waals surface area (Å²) in [6.07, 6.45) is 0.927. The maximum absolute atomic E-state index is 11.8. The molecule has 0 aromatic heterocycles. The third-order valence-electron chi connectivity index (χ3n) is 2.86. The quantitative estimate of drug-likeness (QED) is 0.717. The van der Waals surface area contributed by atoms with Crippen LogP contribution in [0.15, 0.2) is 22.7 Å². The summed E-state index contributed by atoms with van der Waals surface area (Å²) >= 11 is 3.55. The summed E-state index contributed by atoms with van der Waals surface area (Å²) in [7, 11) is 3.58. The number of fused-ring (bicyclic) bond motifs is 1. The van der Waals surface area contributed by atoms with Crippen molar-refractivity contribution < 1.29 is 4.79 Å². The van der Waals surface area contributed by atoms with Crippen LogP contribution in [0.1, 0.15) is 11.1 Å². The number of amides is 2. The van der Waals surface area contributed by atoms with Crippen LogP contribution >= 0.6 is 15.9 Å². The van der Waals surface area contributed by atoms with Crippen molar-refractivity contribution in [2.24, 2.45) is 0 Å². The molecule has 0 N–H and O–H groups in total.